The number of amides is 1. The molecular formula is C13H19N3O. The molecule has 0 radical (unpaired) electrons. The molecule has 0 bridgehead atoms. The number of carbonyl (C=O) groups is 1. The van der Waals surface area contributed by atoms with Crippen molar-refractivity contribution >= 4 is 17.4 Å². The molecule has 4 heteroatoms. The first-order valence-electron chi connectivity index (χ1n) is 5.79. The number of hydrogen-bond acceptors (Lipinski definition) is 3. The summed E-state index contributed by atoms with van der Waals surface area (Å²) < 4.78 is 0. The van der Waals surface area contributed by atoms with Crippen LogP contribution < -0.4 is 11.1 Å². The lowest BCUT2D eigenvalue weighted by Crippen LogP contribution is -2.17. The van der Waals surface area contributed by atoms with Crippen LogP contribution >= 0.6 is 0 Å². The maximum atomic E-state index is 12.1. The number of nitrogen functional groups attached to an aromatic ring is 1. The van der Waals surface area contributed by atoms with Crippen molar-refractivity contribution in [3.05, 3.63) is 18.3 Å². The number of carbonyl (C=O) groups excluding carboxylic acids is 1. The Morgan fingerprint density at radius 1 is 1.29 bits per heavy atom. The Balaban J connectivity index is 2.07. The maximum absolute atomic E-state index is 12.1. The lowest BCUT2D eigenvalue weighted by molar-refractivity contribution is -0.118. The van der Waals surface area contributed by atoms with Gasteiger partial charge in [-0.1, -0.05) is 27.7 Å². The number of nitrogens with one attached hydrogen (secondary N) is 1. The van der Waals surface area contributed by atoms with Crippen molar-refractivity contribution in [1.29, 1.82) is 0 Å². The number of pyridine rings is 1. The molecule has 0 saturated heterocycles. The van der Waals surface area contributed by atoms with Gasteiger partial charge in [0.25, 0.3) is 0 Å². The van der Waals surface area contributed by atoms with Crippen molar-refractivity contribution in [3.63, 3.8) is 0 Å². The Morgan fingerprint density at radius 3 is 2.29 bits per heavy atom. The van der Waals surface area contributed by atoms with Gasteiger partial charge in [0.2, 0.25) is 5.91 Å². The molecule has 17 heavy (non-hydrogen) atoms. The van der Waals surface area contributed by atoms with Crippen molar-refractivity contribution < 1.29 is 4.79 Å². The van der Waals surface area contributed by atoms with E-state index in [1.54, 1.807) is 18.3 Å². The van der Waals surface area contributed by atoms with Crippen LogP contribution in [0.1, 0.15) is 27.7 Å². The van der Waals surface area contributed by atoms with Gasteiger partial charge in [0.05, 0.1) is 11.9 Å². The van der Waals surface area contributed by atoms with Crippen LogP contribution in [-0.2, 0) is 4.79 Å². The van der Waals surface area contributed by atoms with Crippen molar-refractivity contribution in [2.45, 2.75) is 27.7 Å². The predicted octanol–water partition coefficient (Wildman–Crippen LogP) is 2.28. The van der Waals surface area contributed by atoms with E-state index in [1.807, 2.05) is 0 Å². The number of nitrogens with zero attached hydrogens (tertiary/aromatic N) is 1. The van der Waals surface area contributed by atoms with E-state index in [0.717, 1.165) is 0 Å². The minimum absolute atomic E-state index is 0.0487. The highest BCUT2D eigenvalue weighted by Crippen LogP contribution is 2.68. The molecule has 2 rings (SSSR count). The van der Waals surface area contributed by atoms with Crippen molar-refractivity contribution in [2.75, 3.05) is 11.1 Å². The third-order valence-electron chi connectivity index (χ3n) is 4.34. The van der Waals surface area contributed by atoms with Gasteiger partial charge in [-0.15, -0.1) is 0 Å². The standard InChI is InChI=1S/C13H19N3O/c1-12(2)10(13(12,3)4)11(17)16-8-5-6-9(14)15-7-8/h5-7,10H,1-4H3,(H2,14,15)(H,16,17). The Labute approximate surface area is 102 Å². The van der Waals surface area contributed by atoms with E-state index in [2.05, 4.69) is 38.0 Å². The summed E-state index contributed by atoms with van der Waals surface area (Å²) in [7, 11) is 0. The number of nitrogens with two attached hydrogens (primary N) is 1. The van der Waals surface area contributed by atoms with Gasteiger partial charge in [-0.05, 0) is 23.0 Å². The molecule has 0 atom stereocenters. The van der Waals surface area contributed by atoms with E-state index in [0.29, 0.717) is 11.5 Å². The molecule has 1 saturated carbocycles. The molecule has 0 aromatic carbocycles. The van der Waals surface area contributed by atoms with Crippen LogP contribution in [0.2, 0.25) is 0 Å². The van der Waals surface area contributed by atoms with Gasteiger partial charge >= 0.3 is 0 Å². The lowest BCUT2D eigenvalue weighted by Gasteiger charge is -2.06. The van der Waals surface area contributed by atoms with Crippen LogP contribution in [0.5, 0.6) is 0 Å². The Hall–Kier alpha value is -1.58. The first-order chi connectivity index (χ1) is 7.76. The van der Waals surface area contributed by atoms with Crippen LogP contribution in [0.15, 0.2) is 18.3 Å². The number of anilines is 2. The zero-order chi connectivity index (χ0) is 12.8. The summed E-state index contributed by atoms with van der Waals surface area (Å²) in [4.78, 5) is 16.1. The average Bonchev–Trinajstić information content (AvgIpc) is 2.61. The van der Waals surface area contributed by atoms with Crippen LogP contribution in [0.25, 0.3) is 0 Å². The molecule has 1 aromatic rings. The molecule has 1 amide bonds. The zero-order valence-electron chi connectivity index (χ0n) is 10.7. The Kier molecular flexibility index (Phi) is 2.42. The summed E-state index contributed by atoms with van der Waals surface area (Å²) in [5, 5.41) is 2.89. The highest BCUT2D eigenvalue weighted by atomic mass is 16.2. The van der Waals surface area contributed by atoms with Gasteiger partial charge in [0.15, 0.2) is 0 Å². The van der Waals surface area contributed by atoms with Crippen LogP contribution in [0, 0.1) is 16.7 Å². The highest BCUT2D eigenvalue weighted by Gasteiger charge is 2.68. The molecule has 3 N–H and O–H groups in total. The van der Waals surface area contributed by atoms with E-state index < -0.39 is 0 Å². The largest absolute Gasteiger partial charge is 0.384 e. The van der Waals surface area contributed by atoms with Gasteiger partial charge in [-0.3, -0.25) is 4.79 Å². The predicted molar refractivity (Wildman–Crippen MR) is 68.3 cm³/mol. The van der Waals surface area contributed by atoms with Gasteiger partial charge < -0.3 is 11.1 Å². The average molecular weight is 233 g/mol. The molecule has 1 aliphatic rings. The van der Waals surface area contributed by atoms with Gasteiger partial charge in [-0.2, -0.15) is 0 Å². The van der Waals surface area contributed by atoms with E-state index in [1.165, 1.54) is 0 Å². The summed E-state index contributed by atoms with van der Waals surface area (Å²) in [6, 6.07) is 3.45. The fraction of sp³-hybridized carbons (Fsp3) is 0.538. The van der Waals surface area contributed by atoms with Gasteiger partial charge in [0.1, 0.15) is 5.82 Å². The summed E-state index contributed by atoms with van der Waals surface area (Å²) in [6.45, 7) is 8.49. The minimum Gasteiger partial charge on any atom is -0.384 e. The molecule has 0 spiro atoms. The molecule has 1 aliphatic carbocycles. The summed E-state index contributed by atoms with van der Waals surface area (Å²) in [6.07, 6.45) is 1.58. The van der Waals surface area contributed by atoms with Crippen molar-refractivity contribution in [1.82, 2.24) is 4.98 Å². The Morgan fingerprint density at radius 2 is 1.88 bits per heavy atom. The summed E-state index contributed by atoms with van der Waals surface area (Å²) >= 11 is 0. The summed E-state index contributed by atoms with van der Waals surface area (Å²) in [5.74, 6) is 0.564. The fourth-order valence-electron chi connectivity index (χ4n) is 2.55. The molecule has 0 aliphatic heterocycles. The molecule has 0 unspecified atom stereocenters. The monoisotopic (exact) mass is 233 g/mol. The molecule has 4 nitrogen and oxygen atoms in total. The molecule has 1 fully saturated rings. The molecule has 1 heterocycles. The van der Waals surface area contributed by atoms with Gasteiger partial charge in [-0.25, -0.2) is 4.98 Å². The Bertz CT molecular complexity index is 434. The number of hydrogen-bond donors (Lipinski definition) is 2. The smallest absolute Gasteiger partial charge is 0.228 e. The third-order valence-corrected chi connectivity index (χ3v) is 4.34. The lowest BCUT2D eigenvalue weighted by atomic mass is 10.0. The molecule has 1 aromatic heterocycles. The van der Waals surface area contributed by atoms with Crippen LogP contribution in [0.3, 0.4) is 0 Å². The van der Waals surface area contributed by atoms with E-state index in [-0.39, 0.29) is 22.7 Å². The quantitative estimate of drug-likeness (QED) is 0.823. The molecular weight excluding hydrogens is 214 g/mol. The second kappa shape index (κ2) is 3.45. The van der Waals surface area contributed by atoms with Crippen LogP contribution in [-0.4, -0.2) is 10.9 Å². The first kappa shape index (κ1) is 11.9. The van der Waals surface area contributed by atoms with E-state index >= 15 is 0 Å². The summed E-state index contributed by atoms with van der Waals surface area (Å²) in [5.41, 5.74) is 6.30. The fourth-order valence-corrected chi connectivity index (χ4v) is 2.55. The topological polar surface area (TPSA) is 68.0 Å². The van der Waals surface area contributed by atoms with Crippen molar-refractivity contribution in [3.8, 4) is 0 Å². The number of aromatic nitrogens is 1. The third kappa shape index (κ3) is 1.77. The zero-order valence-corrected chi connectivity index (χ0v) is 10.7. The van der Waals surface area contributed by atoms with Crippen LogP contribution in [0.4, 0.5) is 11.5 Å². The second-order valence-corrected chi connectivity index (χ2v) is 5.84. The first-order valence-corrected chi connectivity index (χ1v) is 5.79. The van der Waals surface area contributed by atoms with Crippen molar-refractivity contribution in [2.24, 2.45) is 16.7 Å². The normalized spacial score (nSPS) is 20.9. The van der Waals surface area contributed by atoms with Gasteiger partial charge in [0, 0.05) is 5.92 Å². The number of rotatable bonds is 2. The minimum atomic E-state index is 0.0487. The van der Waals surface area contributed by atoms with E-state index in [9.17, 15) is 4.79 Å². The SMILES string of the molecule is CC1(C)C(C(=O)Nc2ccc(N)nc2)C1(C)C. The highest BCUT2D eigenvalue weighted by molar-refractivity contribution is 5.96. The molecule has 92 valence electrons. The van der Waals surface area contributed by atoms with E-state index in [4.69, 9.17) is 5.73 Å². The second-order valence-electron chi connectivity index (χ2n) is 5.84. The maximum Gasteiger partial charge on any atom is 0.228 e.